The van der Waals surface area contributed by atoms with Crippen LogP contribution in [0.2, 0.25) is 5.02 Å². The summed E-state index contributed by atoms with van der Waals surface area (Å²) in [7, 11) is 1.54. The molecule has 1 aromatic heterocycles. The maximum atomic E-state index is 12.7. The molecule has 3 rings (SSSR count). The van der Waals surface area contributed by atoms with Crippen molar-refractivity contribution in [1.82, 2.24) is 9.80 Å². The van der Waals surface area contributed by atoms with Gasteiger partial charge in [0.15, 0.2) is 5.76 Å². The summed E-state index contributed by atoms with van der Waals surface area (Å²) in [6.07, 6.45) is 1.49. The van der Waals surface area contributed by atoms with E-state index in [0.29, 0.717) is 48.4 Å². The van der Waals surface area contributed by atoms with Crippen LogP contribution in [0.1, 0.15) is 23.0 Å². The predicted octanol–water partition coefficient (Wildman–Crippen LogP) is 3.04. The van der Waals surface area contributed by atoms with Gasteiger partial charge in [0.1, 0.15) is 5.75 Å². The molecule has 28 heavy (non-hydrogen) atoms. The van der Waals surface area contributed by atoms with E-state index in [2.05, 4.69) is 10.2 Å². The molecule has 2 amide bonds. The lowest BCUT2D eigenvalue weighted by atomic mass is 10.1. The van der Waals surface area contributed by atoms with E-state index in [1.807, 2.05) is 13.8 Å². The Balaban J connectivity index is 1.59. The van der Waals surface area contributed by atoms with E-state index in [1.165, 1.54) is 13.4 Å². The molecule has 0 radical (unpaired) electrons. The van der Waals surface area contributed by atoms with Gasteiger partial charge in [-0.3, -0.25) is 14.5 Å². The van der Waals surface area contributed by atoms with Crippen LogP contribution in [-0.2, 0) is 4.79 Å². The fourth-order valence-electron chi connectivity index (χ4n) is 3.20. The number of hydrogen-bond donors (Lipinski definition) is 1. The average molecular weight is 406 g/mol. The summed E-state index contributed by atoms with van der Waals surface area (Å²) in [5.74, 6) is 0.600. The smallest absolute Gasteiger partial charge is 0.289 e. The molecule has 1 aliphatic heterocycles. The molecule has 7 nitrogen and oxygen atoms in total. The lowest BCUT2D eigenvalue weighted by molar-refractivity contribution is -0.121. The number of rotatable bonds is 5. The molecule has 1 atom stereocenters. The minimum absolute atomic E-state index is 0.122. The third kappa shape index (κ3) is 4.31. The summed E-state index contributed by atoms with van der Waals surface area (Å²) in [6, 6.07) is 6.50. The molecule has 2 aromatic rings. The molecule has 2 heterocycles. The number of piperazine rings is 1. The molecule has 1 aliphatic rings. The topological polar surface area (TPSA) is 75.0 Å². The van der Waals surface area contributed by atoms with Gasteiger partial charge in [0.2, 0.25) is 5.91 Å². The van der Waals surface area contributed by atoms with Crippen LogP contribution in [0.25, 0.3) is 0 Å². The van der Waals surface area contributed by atoms with Crippen molar-refractivity contribution in [2.24, 2.45) is 0 Å². The third-order valence-electron chi connectivity index (χ3n) is 5.00. The zero-order valence-electron chi connectivity index (χ0n) is 16.2. The minimum Gasteiger partial charge on any atom is -0.495 e. The van der Waals surface area contributed by atoms with Crippen molar-refractivity contribution < 1.29 is 18.7 Å². The van der Waals surface area contributed by atoms with Crippen LogP contribution in [-0.4, -0.2) is 60.9 Å². The van der Waals surface area contributed by atoms with E-state index in [-0.39, 0.29) is 17.9 Å². The molecule has 0 aliphatic carbocycles. The molecule has 150 valence electrons. The van der Waals surface area contributed by atoms with Gasteiger partial charge in [0, 0.05) is 37.3 Å². The molecule has 8 heteroatoms. The van der Waals surface area contributed by atoms with Gasteiger partial charge in [-0.05, 0) is 37.6 Å². The molecular weight excluding hydrogens is 382 g/mol. The summed E-state index contributed by atoms with van der Waals surface area (Å²) in [4.78, 5) is 28.9. The van der Waals surface area contributed by atoms with Crippen LogP contribution >= 0.6 is 11.6 Å². The summed E-state index contributed by atoms with van der Waals surface area (Å²) in [5, 5.41) is 3.51. The number of aryl methyl sites for hydroxylation is 1. The molecule has 1 saturated heterocycles. The number of methoxy groups -OCH3 is 1. The predicted molar refractivity (Wildman–Crippen MR) is 107 cm³/mol. The maximum Gasteiger partial charge on any atom is 0.289 e. The summed E-state index contributed by atoms with van der Waals surface area (Å²) in [6.45, 7) is 6.03. The Bertz CT molecular complexity index is 845. The number of furan rings is 1. The summed E-state index contributed by atoms with van der Waals surface area (Å²) in [5.41, 5.74) is 1.45. The highest BCUT2D eigenvalue weighted by molar-refractivity contribution is 6.31. The molecular formula is C20H24ClN3O4. The monoisotopic (exact) mass is 405 g/mol. The fraction of sp³-hybridized carbons (Fsp3) is 0.400. The van der Waals surface area contributed by atoms with Crippen LogP contribution < -0.4 is 10.1 Å². The highest BCUT2D eigenvalue weighted by atomic mass is 35.5. The van der Waals surface area contributed by atoms with Gasteiger partial charge in [-0.2, -0.15) is 0 Å². The Kier molecular flexibility index (Phi) is 6.26. The largest absolute Gasteiger partial charge is 0.495 e. The number of benzene rings is 1. The van der Waals surface area contributed by atoms with E-state index in [4.69, 9.17) is 20.8 Å². The van der Waals surface area contributed by atoms with Crippen molar-refractivity contribution in [3.05, 3.63) is 46.9 Å². The number of halogens is 1. The Morgan fingerprint density at radius 2 is 1.96 bits per heavy atom. The number of hydrogen-bond acceptors (Lipinski definition) is 5. The molecule has 1 N–H and O–H groups in total. The first-order chi connectivity index (χ1) is 13.4. The number of nitrogens with zero attached hydrogens (tertiary/aromatic N) is 2. The summed E-state index contributed by atoms with van der Waals surface area (Å²) >= 11 is 6.12. The van der Waals surface area contributed by atoms with E-state index in [9.17, 15) is 9.59 Å². The van der Waals surface area contributed by atoms with Gasteiger partial charge in [-0.15, -0.1) is 0 Å². The SMILES string of the molecule is COc1cc(Cl)c(C)cc1NC(=O)[C@H](C)N1CCN(C(=O)c2ccco2)CC1. The van der Waals surface area contributed by atoms with Crippen molar-refractivity contribution in [3.63, 3.8) is 0 Å². The number of ether oxygens (including phenoxy) is 1. The standard InChI is InChI=1S/C20H24ClN3O4/c1-13-11-16(18(27-3)12-15(13)21)22-19(25)14(2)23-6-8-24(9-7-23)20(26)17-5-4-10-28-17/h4-5,10-12,14H,6-9H2,1-3H3,(H,22,25)/t14-/m0/s1. The van der Waals surface area contributed by atoms with Crippen LogP contribution in [0, 0.1) is 6.92 Å². The second-order valence-electron chi connectivity index (χ2n) is 6.77. The Labute approximate surface area is 169 Å². The second kappa shape index (κ2) is 8.67. The second-order valence-corrected chi connectivity index (χ2v) is 7.18. The molecule has 0 unspecified atom stereocenters. The van der Waals surface area contributed by atoms with Crippen molar-refractivity contribution in [2.75, 3.05) is 38.6 Å². The Morgan fingerprint density at radius 3 is 2.57 bits per heavy atom. The first kappa shape index (κ1) is 20.2. The Morgan fingerprint density at radius 1 is 1.25 bits per heavy atom. The number of amides is 2. The zero-order chi connectivity index (χ0) is 20.3. The molecule has 0 spiro atoms. The van der Waals surface area contributed by atoms with Gasteiger partial charge in [-0.25, -0.2) is 0 Å². The van der Waals surface area contributed by atoms with Gasteiger partial charge < -0.3 is 19.4 Å². The van der Waals surface area contributed by atoms with E-state index < -0.39 is 0 Å². The van der Waals surface area contributed by atoms with Gasteiger partial charge >= 0.3 is 0 Å². The van der Waals surface area contributed by atoms with E-state index >= 15 is 0 Å². The van der Waals surface area contributed by atoms with Crippen molar-refractivity contribution in [2.45, 2.75) is 19.9 Å². The third-order valence-corrected chi connectivity index (χ3v) is 5.41. The van der Waals surface area contributed by atoms with Gasteiger partial charge in [-0.1, -0.05) is 11.6 Å². The van der Waals surface area contributed by atoms with Crippen LogP contribution in [0.15, 0.2) is 34.9 Å². The van der Waals surface area contributed by atoms with Crippen molar-refractivity contribution in [1.29, 1.82) is 0 Å². The number of nitrogens with one attached hydrogen (secondary N) is 1. The number of anilines is 1. The maximum absolute atomic E-state index is 12.7. The van der Waals surface area contributed by atoms with E-state index in [1.54, 1.807) is 29.2 Å². The van der Waals surface area contributed by atoms with Crippen LogP contribution in [0.5, 0.6) is 5.75 Å². The Hall–Kier alpha value is -2.51. The first-order valence-corrected chi connectivity index (χ1v) is 9.50. The normalized spacial score (nSPS) is 15.9. The highest BCUT2D eigenvalue weighted by Crippen LogP contribution is 2.31. The van der Waals surface area contributed by atoms with Crippen LogP contribution in [0.4, 0.5) is 5.69 Å². The number of carbonyl (C=O) groups is 2. The van der Waals surface area contributed by atoms with Gasteiger partial charge in [0.25, 0.3) is 5.91 Å². The lowest BCUT2D eigenvalue weighted by Gasteiger charge is -2.37. The van der Waals surface area contributed by atoms with Crippen molar-refractivity contribution in [3.8, 4) is 5.75 Å². The molecule has 1 fully saturated rings. The van der Waals surface area contributed by atoms with Gasteiger partial charge in [0.05, 0.1) is 25.1 Å². The highest BCUT2D eigenvalue weighted by Gasteiger charge is 2.29. The number of carbonyl (C=O) groups excluding carboxylic acids is 2. The summed E-state index contributed by atoms with van der Waals surface area (Å²) < 4.78 is 10.5. The zero-order valence-corrected chi connectivity index (χ0v) is 17.0. The molecule has 0 bridgehead atoms. The minimum atomic E-state index is -0.346. The first-order valence-electron chi connectivity index (χ1n) is 9.12. The molecule has 1 aromatic carbocycles. The lowest BCUT2D eigenvalue weighted by Crippen LogP contribution is -2.54. The molecule has 0 saturated carbocycles. The van der Waals surface area contributed by atoms with Crippen molar-refractivity contribution >= 4 is 29.1 Å². The fourth-order valence-corrected chi connectivity index (χ4v) is 3.35. The average Bonchev–Trinajstić information content (AvgIpc) is 3.24. The van der Waals surface area contributed by atoms with E-state index in [0.717, 1.165) is 5.56 Å². The quantitative estimate of drug-likeness (QED) is 0.827. The van der Waals surface area contributed by atoms with Crippen LogP contribution in [0.3, 0.4) is 0 Å².